The third-order valence-corrected chi connectivity index (χ3v) is 10.1. The molecule has 0 aliphatic carbocycles. The van der Waals surface area contributed by atoms with Crippen molar-refractivity contribution in [3.8, 4) is 11.4 Å². The molecule has 0 fully saturated rings. The normalized spacial score (nSPS) is 12.0. The van der Waals surface area contributed by atoms with Crippen LogP contribution in [0.15, 0.2) is 193 Å². The van der Waals surface area contributed by atoms with Crippen molar-refractivity contribution < 1.29 is 0 Å². The quantitative estimate of drug-likeness (QED) is 0.117. The lowest BCUT2D eigenvalue weighted by atomic mass is 10.1. The van der Waals surface area contributed by atoms with Crippen molar-refractivity contribution in [2.24, 2.45) is 9.98 Å². The molecule has 0 amide bonds. The number of hydrogen-bond acceptors (Lipinski definition) is 2. The minimum Gasteiger partial charge on any atom is -0.309 e. The smallest absolute Gasteiger partial charge is 0.139 e. The molecule has 7 aromatic carbocycles. The molecule has 260 valence electrons. The van der Waals surface area contributed by atoms with E-state index in [-0.39, 0.29) is 0 Å². The Labute approximate surface area is 314 Å². The molecule has 0 unspecified atom stereocenters. The number of benzene rings is 7. The fourth-order valence-corrected chi connectivity index (χ4v) is 7.83. The lowest BCUT2D eigenvalue weighted by molar-refractivity contribution is 1.15. The van der Waals surface area contributed by atoms with Crippen LogP contribution in [0, 0.1) is 0 Å². The fourth-order valence-electron chi connectivity index (χ4n) is 7.83. The highest BCUT2D eigenvalue weighted by Crippen LogP contribution is 2.43. The van der Waals surface area contributed by atoms with Gasteiger partial charge in [-0.15, -0.1) is 0 Å². The van der Waals surface area contributed by atoms with Crippen LogP contribution in [0.2, 0.25) is 0 Å². The highest BCUT2D eigenvalue weighted by atomic mass is 15.2. The van der Waals surface area contributed by atoms with Gasteiger partial charge < -0.3 is 14.0 Å². The maximum Gasteiger partial charge on any atom is 0.139 e. The van der Waals surface area contributed by atoms with E-state index in [1.54, 1.807) is 19.6 Å². The molecule has 2 aromatic heterocycles. The van der Waals surface area contributed by atoms with Crippen molar-refractivity contribution in [1.82, 2.24) is 9.13 Å². The first-order valence-electron chi connectivity index (χ1n) is 18.1. The third-order valence-electron chi connectivity index (χ3n) is 10.1. The molecule has 0 N–H and O–H groups in total. The molecule has 0 radical (unpaired) electrons. The Balaban J connectivity index is 1.38. The average molecular weight is 699 g/mol. The lowest BCUT2D eigenvalue weighted by Crippen LogP contribution is -2.27. The topological polar surface area (TPSA) is 41.1 Å². The van der Waals surface area contributed by atoms with Crippen LogP contribution < -0.4 is 9.80 Å². The molecule has 9 aromatic rings. The number of rotatable bonds is 8. The van der Waals surface area contributed by atoms with E-state index >= 15 is 0 Å². The molecule has 0 atom stereocenters. The van der Waals surface area contributed by atoms with Gasteiger partial charge in [0.2, 0.25) is 0 Å². The maximum atomic E-state index is 4.95. The zero-order chi connectivity index (χ0) is 36.6. The molecule has 2 heterocycles. The van der Waals surface area contributed by atoms with Crippen LogP contribution in [0.1, 0.15) is 5.56 Å². The number of para-hydroxylation sites is 4. The van der Waals surface area contributed by atoms with Gasteiger partial charge >= 0.3 is 0 Å². The second kappa shape index (κ2) is 13.7. The Kier molecular flexibility index (Phi) is 8.33. The molecule has 0 saturated heterocycles. The monoisotopic (exact) mass is 698 g/mol. The van der Waals surface area contributed by atoms with Crippen LogP contribution in [0.5, 0.6) is 0 Å². The molecule has 54 heavy (non-hydrogen) atoms. The van der Waals surface area contributed by atoms with Gasteiger partial charge in [-0.25, -0.2) is 0 Å². The fraction of sp³-hybridized carbons (Fsp3) is 0.0417. The van der Waals surface area contributed by atoms with E-state index in [2.05, 4.69) is 183 Å². The number of nitrogens with zero attached hydrogens (tertiary/aromatic N) is 6. The average Bonchev–Trinajstić information content (AvgIpc) is 3.75. The molecule has 0 saturated carbocycles. The summed E-state index contributed by atoms with van der Waals surface area (Å²) in [6, 6.07) is 60.2. The first-order chi connectivity index (χ1) is 26.7. The highest BCUT2D eigenvalue weighted by Gasteiger charge is 2.24. The highest BCUT2D eigenvalue weighted by molar-refractivity contribution is 6.25. The van der Waals surface area contributed by atoms with Crippen LogP contribution in [0.25, 0.3) is 55.0 Å². The van der Waals surface area contributed by atoms with Gasteiger partial charge in [-0.05, 0) is 84.9 Å². The minimum atomic E-state index is 0.865. The molecule has 0 spiro atoms. The van der Waals surface area contributed by atoms with E-state index in [4.69, 9.17) is 4.99 Å². The number of aliphatic imine (C=N–C) groups is 2. The summed E-state index contributed by atoms with van der Waals surface area (Å²) in [4.78, 5) is 13.4. The van der Waals surface area contributed by atoms with Gasteiger partial charge in [-0.3, -0.25) is 14.9 Å². The molecule has 6 heteroatoms. The summed E-state index contributed by atoms with van der Waals surface area (Å²) >= 11 is 0. The molecule has 0 aliphatic heterocycles. The van der Waals surface area contributed by atoms with Gasteiger partial charge in [0.25, 0.3) is 0 Å². The second-order valence-electron chi connectivity index (χ2n) is 13.2. The summed E-state index contributed by atoms with van der Waals surface area (Å²) < 4.78 is 4.83. The largest absolute Gasteiger partial charge is 0.309 e. The summed E-state index contributed by atoms with van der Waals surface area (Å²) in [5, 5.41) is 4.63. The Morgan fingerprint density at radius 3 is 1.48 bits per heavy atom. The zero-order valence-corrected chi connectivity index (χ0v) is 30.2. The van der Waals surface area contributed by atoms with E-state index in [9.17, 15) is 0 Å². The Morgan fingerprint density at radius 2 is 1.00 bits per heavy atom. The predicted molar refractivity (Wildman–Crippen MR) is 230 cm³/mol. The van der Waals surface area contributed by atoms with Crippen LogP contribution in [0.4, 0.5) is 17.1 Å². The van der Waals surface area contributed by atoms with Crippen molar-refractivity contribution in [2.45, 2.75) is 0 Å². The summed E-state index contributed by atoms with van der Waals surface area (Å²) in [7, 11) is 3.65. The molecular formula is C48H38N6. The molecule has 9 rings (SSSR count). The molecular weight excluding hydrogens is 661 g/mol. The van der Waals surface area contributed by atoms with Crippen molar-refractivity contribution in [1.29, 1.82) is 0 Å². The SMILES string of the molecule is C=CN(/C=N/C)c1ccc2c(c1)c1ccc3c4cc(/C(=N\C)N(c5ccccc5)c5ccccc5)ccc4n(-c4ccccc4)c3c1n2-c1ccccc1. The number of anilines is 3. The molecule has 6 nitrogen and oxygen atoms in total. The Hall–Kier alpha value is -7.18. The van der Waals surface area contributed by atoms with Crippen LogP contribution in [0.3, 0.4) is 0 Å². The van der Waals surface area contributed by atoms with E-state index < -0.39 is 0 Å². The first-order valence-corrected chi connectivity index (χ1v) is 18.1. The van der Waals surface area contributed by atoms with Crippen LogP contribution in [-0.2, 0) is 0 Å². The Morgan fingerprint density at radius 1 is 0.519 bits per heavy atom. The summed E-state index contributed by atoms with van der Waals surface area (Å²) in [6.45, 7) is 4.05. The van der Waals surface area contributed by atoms with Crippen molar-refractivity contribution in [2.75, 3.05) is 23.9 Å². The summed E-state index contributed by atoms with van der Waals surface area (Å²) in [5.74, 6) is 0.865. The number of amidine groups is 1. The van der Waals surface area contributed by atoms with Crippen molar-refractivity contribution in [3.05, 3.63) is 188 Å². The van der Waals surface area contributed by atoms with E-state index in [0.29, 0.717) is 0 Å². The van der Waals surface area contributed by atoms with Crippen LogP contribution >= 0.6 is 0 Å². The molecule has 0 aliphatic rings. The van der Waals surface area contributed by atoms with E-state index in [1.807, 2.05) is 24.1 Å². The van der Waals surface area contributed by atoms with Crippen molar-refractivity contribution >= 4 is 72.8 Å². The standard InChI is InChI=1S/C48H38N6/c1-4-51(33-49-2)39-26-30-45-43(32-39)41-28-27-40-42-31-34(48(50-3)52(35-17-9-5-10-18-35)36-19-11-6-12-20-36)25-29-44(42)53(37-21-13-7-14-22-37)46(40)47(41)54(45)38-23-15-8-16-24-38/h4-33H,1H2,2-3H3/b49-33+,50-48+. The number of aromatic nitrogens is 2. The zero-order valence-electron chi connectivity index (χ0n) is 30.2. The van der Waals surface area contributed by atoms with Gasteiger partial charge in [0.15, 0.2) is 0 Å². The second-order valence-corrected chi connectivity index (χ2v) is 13.2. The number of fused-ring (bicyclic) bond motifs is 7. The van der Waals surface area contributed by atoms with Gasteiger partial charge in [0.1, 0.15) is 5.84 Å². The first kappa shape index (κ1) is 32.7. The maximum absolute atomic E-state index is 4.95. The van der Waals surface area contributed by atoms with Crippen LogP contribution in [-0.4, -0.2) is 35.4 Å². The Bertz CT molecular complexity index is 2810. The predicted octanol–water partition coefficient (Wildman–Crippen LogP) is 11.7. The lowest BCUT2D eigenvalue weighted by Gasteiger charge is -2.26. The third kappa shape index (κ3) is 5.35. The van der Waals surface area contributed by atoms with Gasteiger partial charge in [0, 0.05) is 75.8 Å². The van der Waals surface area contributed by atoms with E-state index in [0.717, 1.165) is 83.4 Å². The van der Waals surface area contributed by atoms with Crippen molar-refractivity contribution in [3.63, 3.8) is 0 Å². The van der Waals surface area contributed by atoms with Gasteiger partial charge in [-0.2, -0.15) is 0 Å². The summed E-state index contributed by atoms with van der Waals surface area (Å²) in [6.07, 6.45) is 3.58. The molecule has 0 bridgehead atoms. The number of hydrogen-bond donors (Lipinski definition) is 0. The van der Waals surface area contributed by atoms with E-state index in [1.165, 1.54) is 0 Å². The van der Waals surface area contributed by atoms with Gasteiger partial charge in [0.05, 0.1) is 28.4 Å². The van der Waals surface area contributed by atoms with Gasteiger partial charge in [-0.1, -0.05) is 91.5 Å². The minimum absolute atomic E-state index is 0.865. The summed E-state index contributed by atoms with van der Waals surface area (Å²) in [5.41, 5.74) is 10.8.